The third-order valence-electron chi connectivity index (χ3n) is 7.40. The van der Waals surface area contributed by atoms with Crippen LogP contribution in [-0.2, 0) is 6.42 Å². The molecule has 0 aliphatic carbocycles. The van der Waals surface area contributed by atoms with Gasteiger partial charge in [0, 0.05) is 19.3 Å². The normalized spacial score (nSPS) is 16.4. The molecule has 3 aliphatic heterocycles. The van der Waals surface area contributed by atoms with Gasteiger partial charge in [-0.05, 0) is 78.9 Å². The van der Waals surface area contributed by atoms with Gasteiger partial charge in [-0.15, -0.1) is 0 Å². The molecule has 10 nitrogen and oxygen atoms in total. The Kier molecular flexibility index (Phi) is 7.35. The van der Waals surface area contributed by atoms with Gasteiger partial charge in [0.05, 0.1) is 37.2 Å². The van der Waals surface area contributed by atoms with Crippen LogP contribution in [0.25, 0.3) is 0 Å². The number of hydrogen-bond acceptors (Lipinski definition) is 8. The van der Waals surface area contributed by atoms with Gasteiger partial charge >= 0.3 is 0 Å². The minimum atomic E-state index is -0.450. The number of methoxy groups -OCH3 is 1. The monoisotopic (exact) mass is 566 g/mol. The Bertz CT molecular complexity index is 1660. The summed E-state index contributed by atoms with van der Waals surface area (Å²) in [6, 6.07) is 15.5. The number of phenols is 1. The number of hydrogen-bond donors (Lipinski definition) is 2. The standard InChI is InChI=1S/C32H30N4O6/c1-19-17-35-26(18-34-19)32(39)36-11-9-20-14-29-28(40-2)16-24(20)30(36)21-5-3-6-22(13-21)41-12-4-10-33-31(38)25-15-23(42-29)7-8-27(25)37/h3,5-8,13-18,30,37H,4,9-12H2,1-2H3,(H,33,38). The molecule has 7 rings (SSSR count). The number of benzene rings is 3. The predicted octanol–water partition coefficient (Wildman–Crippen LogP) is 4.59. The summed E-state index contributed by atoms with van der Waals surface area (Å²) in [5, 5.41) is 13.2. The van der Waals surface area contributed by atoms with Crippen molar-refractivity contribution in [1.29, 1.82) is 0 Å². The van der Waals surface area contributed by atoms with E-state index in [9.17, 15) is 14.7 Å². The lowest BCUT2D eigenvalue weighted by Crippen LogP contribution is -2.41. The Morgan fingerprint density at radius 2 is 1.98 bits per heavy atom. The molecule has 42 heavy (non-hydrogen) atoms. The van der Waals surface area contributed by atoms with E-state index < -0.39 is 11.9 Å². The van der Waals surface area contributed by atoms with Gasteiger partial charge < -0.3 is 29.5 Å². The van der Waals surface area contributed by atoms with Crippen molar-refractivity contribution < 1.29 is 28.9 Å². The zero-order valence-electron chi connectivity index (χ0n) is 23.3. The molecule has 1 unspecified atom stereocenters. The molecule has 8 bridgehead atoms. The highest BCUT2D eigenvalue weighted by Gasteiger charge is 2.35. The molecule has 214 valence electrons. The Balaban J connectivity index is 1.48. The first kappa shape index (κ1) is 27.1. The SMILES string of the molecule is COc1cc2c3cc1Oc1ccc(O)c(c1)C(=O)NCCCOc1cccc(c1)C2N(C(=O)c1cnc(C)cn1)CC3. The van der Waals surface area contributed by atoms with Crippen LogP contribution in [-0.4, -0.2) is 58.6 Å². The van der Waals surface area contributed by atoms with Crippen LogP contribution in [0, 0.1) is 6.92 Å². The lowest BCUT2D eigenvalue weighted by molar-refractivity contribution is 0.0687. The van der Waals surface area contributed by atoms with E-state index in [1.807, 2.05) is 43.3 Å². The molecular weight excluding hydrogens is 536 g/mol. The number of amides is 2. The number of carbonyl (C=O) groups excluding carboxylic acids is 2. The van der Waals surface area contributed by atoms with Crippen LogP contribution in [0.4, 0.5) is 0 Å². The second-order valence-corrected chi connectivity index (χ2v) is 10.2. The number of aromatic hydroxyl groups is 1. The molecular formula is C32H30N4O6. The number of ether oxygens (including phenoxy) is 3. The summed E-state index contributed by atoms with van der Waals surface area (Å²) < 4.78 is 18.0. The van der Waals surface area contributed by atoms with E-state index in [2.05, 4.69) is 15.3 Å². The van der Waals surface area contributed by atoms with Gasteiger partial charge in [-0.2, -0.15) is 0 Å². The molecule has 3 aliphatic rings. The summed E-state index contributed by atoms with van der Waals surface area (Å²) in [6.07, 6.45) is 4.22. The van der Waals surface area contributed by atoms with Gasteiger partial charge in [-0.1, -0.05) is 12.1 Å². The third kappa shape index (κ3) is 5.30. The van der Waals surface area contributed by atoms with Crippen molar-refractivity contribution in [3.8, 4) is 28.7 Å². The largest absolute Gasteiger partial charge is 0.507 e. The lowest BCUT2D eigenvalue weighted by Gasteiger charge is -2.38. The molecule has 0 fully saturated rings. The maximum atomic E-state index is 13.8. The minimum absolute atomic E-state index is 0.104. The van der Waals surface area contributed by atoms with Crippen LogP contribution in [0.3, 0.4) is 0 Å². The zero-order chi connectivity index (χ0) is 29.2. The van der Waals surface area contributed by atoms with Crippen LogP contribution < -0.4 is 19.5 Å². The topological polar surface area (TPSA) is 123 Å². The second-order valence-electron chi connectivity index (χ2n) is 10.2. The first-order valence-electron chi connectivity index (χ1n) is 13.7. The summed E-state index contributed by atoms with van der Waals surface area (Å²) in [7, 11) is 1.55. The quantitative estimate of drug-likeness (QED) is 0.361. The molecule has 1 atom stereocenters. The van der Waals surface area contributed by atoms with Gasteiger partial charge in [0.15, 0.2) is 11.5 Å². The maximum Gasteiger partial charge on any atom is 0.274 e. The zero-order valence-corrected chi connectivity index (χ0v) is 23.3. The summed E-state index contributed by atoms with van der Waals surface area (Å²) in [5.74, 6) is 1.14. The number of fused-ring (bicyclic) bond motifs is 6. The van der Waals surface area contributed by atoms with Crippen molar-refractivity contribution in [2.45, 2.75) is 25.8 Å². The van der Waals surface area contributed by atoms with E-state index in [0.717, 1.165) is 22.4 Å². The lowest BCUT2D eigenvalue weighted by atomic mass is 9.87. The van der Waals surface area contributed by atoms with Crippen molar-refractivity contribution in [2.75, 3.05) is 26.8 Å². The number of carbonyl (C=O) groups is 2. The van der Waals surface area contributed by atoms with E-state index >= 15 is 0 Å². The number of aryl methyl sites for hydroxylation is 1. The molecule has 0 saturated heterocycles. The number of phenolic OH excluding ortho intramolecular Hbond substituents is 1. The smallest absolute Gasteiger partial charge is 0.274 e. The predicted molar refractivity (Wildman–Crippen MR) is 153 cm³/mol. The van der Waals surface area contributed by atoms with Crippen molar-refractivity contribution in [2.24, 2.45) is 0 Å². The van der Waals surface area contributed by atoms with Crippen molar-refractivity contribution >= 4 is 11.8 Å². The molecule has 2 amide bonds. The van der Waals surface area contributed by atoms with Gasteiger partial charge in [0.25, 0.3) is 11.8 Å². The minimum Gasteiger partial charge on any atom is -0.507 e. The Morgan fingerprint density at radius 1 is 1.10 bits per heavy atom. The van der Waals surface area contributed by atoms with Crippen LogP contribution in [0.5, 0.6) is 28.7 Å². The number of rotatable bonds is 2. The summed E-state index contributed by atoms with van der Waals surface area (Å²) in [5.41, 5.74) is 3.85. The van der Waals surface area contributed by atoms with Gasteiger partial charge in [-0.25, -0.2) is 4.98 Å². The number of nitrogens with zero attached hydrogens (tertiary/aromatic N) is 3. The van der Waals surface area contributed by atoms with E-state index in [0.29, 0.717) is 55.5 Å². The molecule has 0 saturated carbocycles. The first-order chi connectivity index (χ1) is 20.4. The van der Waals surface area contributed by atoms with Crippen LogP contribution in [0.15, 0.2) is 67.0 Å². The highest BCUT2D eigenvalue weighted by atomic mass is 16.5. The van der Waals surface area contributed by atoms with Crippen LogP contribution in [0.1, 0.15) is 55.7 Å². The average molecular weight is 567 g/mol. The molecule has 4 aromatic rings. The summed E-state index contributed by atoms with van der Waals surface area (Å²) >= 11 is 0. The Morgan fingerprint density at radius 3 is 2.79 bits per heavy atom. The Labute approximate surface area is 242 Å². The molecule has 0 radical (unpaired) electrons. The highest BCUT2D eigenvalue weighted by molar-refractivity contribution is 5.97. The first-order valence-corrected chi connectivity index (χ1v) is 13.7. The molecule has 3 aromatic carbocycles. The van der Waals surface area contributed by atoms with Crippen LogP contribution in [0.2, 0.25) is 0 Å². The van der Waals surface area contributed by atoms with Gasteiger partial charge in [-0.3, -0.25) is 14.6 Å². The molecule has 2 N–H and O–H groups in total. The van der Waals surface area contributed by atoms with Gasteiger partial charge in [0.2, 0.25) is 0 Å². The maximum absolute atomic E-state index is 13.8. The fourth-order valence-electron chi connectivity index (χ4n) is 5.32. The molecule has 10 heteroatoms. The molecule has 1 aromatic heterocycles. The Hall–Kier alpha value is -5.12. The molecule has 0 spiro atoms. The second kappa shape index (κ2) is 11.4. The van der Waals surface area contributed by atoms with E-state index in [1.54, 1.807) is 24.3 Å². The van der Waals surface area contributed by atoms with Gasteiger partial charge in [0.1, 0.15) is 22.9 Å². The summed E-state index contributed by atoms with van der Waals surface area (Å²) in [4.78, 5) is 37.1. The fraction of sp³-hybridized carbons (Fsp3) is 0.250. The van der Waals surface area contributed by atoms with Crippen molar-refractivity contribution in [3.63, 3.8) is 0 Å². The highest BCUT2D eigenvalue weighted by Crippen LogP contribution is 2.43. The van der Waals surface area contributed by atoms with E-state index in [1.165, 1.54) is 18.3 Å². The van der Waals surface area contributed by atoms with Crippen molar-refractivity contribution in [3.05, 3.63) is 101 Å². The number of nitrogens with one attached hydrogen (secondary N) is 1. The average Bonchev–Trinajstić information content (AvgIpc) is 3.00. The van der Waals surface area contributed by atoms with E-state index in [4.69, 9.17) is 14.2 Å². The fourth-order valence-corrected chi connectivity index (χ4v) is 5.32. The third-order valence-corrected chi connectivity index (χ3v) is 7.40. The number of aromatic nitrogens is 2. The van der Waals surface area contributed by atoms with Crippen LogP contribution >= 0.6 is 0 Å². The summed E-state index contributed by atoms with van der Waals surface area (Å²) in [6.45, 7) is 2.98. The molecule has 4 heterocycles. The van der Waals surface area contributed by atoms with Crippen molar-refractivity contribution in [1.82, 2.24) is 20.2 Å². The van der Waals surface area contributed by atoms with E-state index in [-0.39, 0.29) is 22.9 Å².